The summed E-state index contributed by atoms with van der Waals surface area (Å²) in [6, 6.07) is 8.56. The average molecular weight is 285 g/mol. The number of para-hydroxylation sites is 2. The van der Waals surface area contributed by atoms with Crippen molar-refractivity contribution in [2.24, 2.45) is 0 Å². The van der Waals surface area contributed by atoms with Crippen LogP contribution in [0.5, 0.6) is 0 Å². The van der Waals surface area contributed by atoms with E-state index in [1.54, 1.807) is 0 Å². The van der Waals surface area contributed by atoms with Crippen LogP contribution in [0.3, 0.4) is 0 Å². The molecule has 1 aliphatic heterocycles. The predicted molar refractivity (Wildman–Crippen MR) is 88.8 cm³/mol. The van der Waals surface area contributed by atoms with Gasteiger partial charge in [0.05, 0.1) is 11.0 Å². The molecule has 1 N–H and O–H groups in total. The van der Waals surface area contributed by atoms with E-state index in [1.165, 1.54) is 30.6 Å². The summed E-state index contributed by atoms with van der Waals surface area (Å²) in [5.74, 6) is 1.28. The Labute approximate surface area is 127 Å². The number of nitrogens with zero attached hydrogens (tertiary/aromatic N) is 2. The SMILES string of the molecule is CCCC1(c2nc3ccccc3n2C(C)(C)C)CCNC1. The van der Waals surface area contributed by atoms with E-state index in [1.807, 2.05) is 0 Å². The average Bonchev–Trinajstić information content (AvgIpc) is 3.02. The molecule has 1 atom stereocenters. The lowest BCUT2D eigenvalue weighted by molar-refractivity contribution is 0.326. The van der Waals surface area contributed by atoms with Crippen LogP contribution >= 0.6 is 0 Å². The molecule has 1 saturated heterocycles. The predicted octanol–water partition coefficient (Wildman–Crippen LogP) is 3.82. The van der Waals surface area contributed by atoms with Crippen molar-refractivity contribution in [3.63, 3.8) is 0 Å². The van der Waals surface area contributed by atoms with Crippen LogP contribution in [0.2, 0.25) is 0 Å². The standard InChI is InChI=1S/C18H27N3/c1-5-10-18(11-12-19-13-18)16-20-14-8-6-7-9-15(14)21(16)17(2,3)4/h6-9,19H,5,10-13H2,1-4H3. The Hall–Kier alpha value is -1.35. The number of imidazole rings is 1. The van der Waals surface area contributed by atoms with Crippen LogP contribution in [0.4, 0.5) is 0 Å². The molecule has 0 saturated carbocycles. The fraction of sp³-hybridized carbons (Fsp3) is 0.611. The van der Waals surface area contributed by atoms with Crippen molar-refractivity contribution in [1.82, 2.24) is 14.9 Å². The molecule has 2 aromatic rings. The van der Waals surface area contributed by atoms with E-state index in [9.17, 15) is 0 Å². The van der Waals surface area contributed by atoms with Gasteiger partial charge in [0.1, 0.15) is 5.82 Å². The maximum absolute atomic E-state index is 5.07. The number of fused-ring (bicyclic) bond motifs is 1. The summed E-state index contributed by atoms with van der Waals surface area (Å²) in [6.45, 7) is 11.3. The Bertz CT molecular complexity index is 627. The topological polar surface area (TPSA) is 29.9 Å². The molecule has 1 unspecified atom stereocenters. The van der Waals surface area contributed by atoms with E-state index in [0.29, 0.717) is 0 Å². The highest BCUT2D eigenvalue weighted by molar-refractivity contribution is 5.76. The van der Waals surface area contributed by atoms with Gasteiger partial charge in [0.15, 0.2) is 0 Å². The van der Waals surface area contributed by atoms with Crippen molar-refractivity contribution in [1.29, 1.82) is 0 Å². The van der Waals surface area contributed by atoms with E-state index < -0.39 is 0 Å². The minimum absolute atomic E-state index is 0.0504. The van der Waals surface area contributed by atoms with Gasteiger partial charge in [-0.15, -0.1) is 0 Å². The monoisotopic (exact) mass is 285 g/mol. The zero-order chi connectivity index (χ0) is 15.1. The lowest BCUT2D eigenvalue weighted by Gasteiger charge is -2.33. The van der Waals surface area contributed by atoms with Gasteiger partial charge in [-0.25, -0.2) is 4.98 Å². The first-order valence-corrected chi connectivity index (χ1v) is 8.17. The highest BCUT2D eigenvalue weighted by Crippen LogP contribution is 2.39. The number of nitrogens with one attached hydrogen (secondary N) is 1. The van der Waals surface area contributed by atoms with Gasteiger partial charge in [-0.05, 0) is 52.3 Å². The second kappa shape index (κ2) is 5.13. The van der Waals surface area contributed by atoms with Gasteiger partial charge in [-0.1, -0.05) is 25.5 Å². The van der Waals surface area contributed by atoms with Gasteiger partial charge < -0.3 is 9.88 Å². The van der Waals surface area contributed by atoms with Gasteiger partial charge in [-0.3, -0.25) is 0 Å². The molecular formula is C18H27N3. The van der Waals surface area contributed by atoms with Crippen LogP contribution in [0.25, 0.3) is 11.0 Å². The molecule has 21 heavy (non-hydrogen) atoms. The first-order valence-electron chi connectivity index (χ1n) is 8.17. The molecule has 0 amide bonds. The van der Waals surface area contributed by atoms with E-state index >= 15 is 0 Å². The van der Waals surface area contributed by atoms with Crippen LogP contribution in [-0.4, -0.2) is 22.6 Å². The molecule has 3 rings (SSSR count). The summed E-state index contributed by atoms with van der Waals surface area (Å²) in [5.41, 5.74) is 2.64. The largest absolute Gasteiger partial charge is 0.322 e. The van der Waals surface area contributed by atoms with Gasteiger partial charge in [0.25, 0.3) is 0 Å². The second-order valence-corrected chi connectivity index (χ2v) is 7.39. The number of hydrogen-bond acceptors (Lipinski definition) is 2. The normalized spacial score (nSPS) is 23.0. The molecule has 1 aromatic carbocycles. The molecule has 1 aliphatic rings. The Morgan fingerprint density at radius 2 is 2.05 bits per heavy atom. The van der Waals surface area contributed by atoms with Crippen LogP contribution in [-0.2, 0) is 11.0 Å². The summed E-state index contributed by atoms with van der Waals surface area (Å²) in [5, 5.41) is 3.57. The summed E-state index contributed by atoms with van der Waals surface area (Å²) in [7, 11) is 0. The third-order valence-electron chi connectivity index (χ3n) is 4.68. The van der Waals surface area contributed by atoms with Gasteiger partial charge in [0.2, 0.25) is 0 Å². The number of hydrogen-bond donors (Lipinski definition) is 1. The number of rotatable bonds is 3. The molecule has 0 spiro atoms. The first-order chi connectivity index (χ1) is 9.98. The van der Waals surface area contributed by atoms with Crippen molar-refractivity contribution >= 4 is 11.0 Å². The third kappa shape index (κ3) is 2.38. The van der Waals surface area contributed by atoms with Crippen LogP contribution in [0.15, 0.2) is 24.3 Å². The van der Waals surface area contributed by atoms with Gasteiger partial charge in [-0.2, -0.15) is 0 Å². The first kappa shape index (κ1) is 14.6. The molecule has 3 heteroatoms. The highest BCUT2D eigenvalue weighted by atomic mass is 15.2. The Morgan fingerprint density at radius 1 is 1.29 bits per heavy atom. The smallest absolute Gasteiger partial charge is 0.117 e. The van der Waals surface area contributed by atoms with Crippen molar-refractivity contribution in [2.75, 3.05) is 13.1 Å². The Balaban J connectivity index is 2.26. The quantitative estimate of drug-likeness (QED) is 0.929. The Morgan fingerprint density at radius 3 is 2.67 bits per heavy atom. The van der Waals surface area contributed by atoms with Crippen molar-refractivity contribution in [2.45, 2.75) is 57.9 Å². The van der Waals surface area contributed by atoms with Gasteiger partial charge in [0, 0.05) is 17.5 Å². The summed E-state index contributed by atoms with van der Waals surface area (Å²) >= 11 is 0. The highest BCUT2D eigenvalue weighted by Gasteiger charge is 2.40. The van der Waals surface area contributed by atoms with E-state index in [4.69, 9.17) is 4.98 Å². The van der Waals surface area contributed by atoms with Crippen LogP contribution in [0, 0.1) is 0 Å². The minimum Gasteiger partial charge on any atom is -0.322 e. The van der Waals surface area contributed by atoms with E-state index in [2.05, 4.69) is 61.8 Å². The molecule has 114 valence electrons. The lowest BCUT2D eigenvalue weighted by Crippen LogP contribution is -2.36. The summed E-state index contributed by atoms with van der Waals surface area (Å²) in [4.78, 5) is 5.07. The van der Waals surface area contributed by atoms with Crippen molar-refractivity contribution in [3.05, 3.63) is 30.1 Å². The molecule has 3 nitrogen and oxygen atoms in total. The van der Waals surface area contributed by atoms with Crippen molar-refractivity contribution < 1.29 is 0 Å². The van der Waals surface area contributed by atoms with Crippen molar-refractivity contribution in [3.8, 4) is 0 Å². The second-order valence-electron chi connectivity index (χ2n) is 7.39. The van der Waals surface area contributed by atoms with Gasteiger partial charge >= 0.3 is 0 Å². The fourth-order valence-corrected chi connectivity index (χ4v) is 3.80. The molecule has 1 aromatic heterocycles. The molecule has 0 radical (unpaired) electrons. The van der Waals surface area contributed by atoms with E-state index in [-0.39, 0.29) is 11.0 Å². The lowest BCUT2D eigenvalue weighted by atomic mass is 9.81. The number of aromatic nitrogens is 2. The fourth-order valence-electron chi connectivity index (χ4n) is 3.80. The zero-order valence-corrected chi connectivity index (χ0v) is 13.7. The summed E-state index contributed by atoms with van der Waals surface area (Å²) < 4.78 is 2.48. The van der Waals surface area contributed by atoms with Crippen LogP contribution < -0.4 is 5.32 Å². The minimum atomic E-state index is 0.0504. The maximum atomic E-state index is 5.07. The molecule has 0 bridgehead atoms. The molecule has 2 heterocycles. The zero-order valence-electron chi connectivity index (χ0n) is 13.7. The van der Waals surface area contributed by atoms with E-state index in [0.717, 1.165) is 18.6 Å². The Kier molecular flexibility index (Phi) is 3.56. The number of benzene rings is 1. The molecule has 0 aliphatic carbocycles. The molecule has 1 fully saturated rings. The molecular weight excluding hydrogens is 258 g/mol. The van der Waals surface area contributed by atoms with Crippen LogP contribution in [0.1, 0.15) is 52.8 Å². The summed E-state index contributed by atoms with van der Waals surface area (Å²) in [6.07, 6.45) is 3.61. The third-order valence-corrected chi connectivity index (χ3v) is 4.68. The maximum Gasteiger partial charge on any atom is 0.117 e.